The number of anilines is 1. The zero-order valence-electron chi connectivity index (χ0n) is 12.1. The van der Waals surface area contributed by atoms with Gasteiger partial charge in [-0.2, -0.15) is 4.68 Å². The Bertz CT molecular complexity index is 908. The predicted octanol–water partition coefficient (Wildman–Crippen LogP) is 1.69. The molecule has 1 amide bonds. The molecule has 0 spiro atoms. The molecule has 116 valence electrons. The van der Waals surface area contributed by atoms with Gasteiger partial charge in [0.05, 0.1) is 11.8 Å². The van der Waals surface area contributed by atoms with E-state index < -0.39 is 5.76 Å². The van der Waals surface area contributed by atoms with Gasteiger partial charge in [-0.3, -0.25) is 4.79 Å². The summed E-state index contributed by atoms with van der Waals surface area (Å²) in [5.74, 6) is -0.718. The number of carbonyl (C=O) groups is 1. The molecular weight excluding hydrogens is 298 g/mol. The van der Waals surface area contributed by atoms with E-state index in [4.69, 9.17) is 8.83 Å². The van der Waals surface area contributed by atoms with E-state index in [1.165, 1.54) is 12.5 Å². The van der Waals surface area contributed by atoms with E-state index in [-0.39, 0.29) is 18.3 Å². The number of nitrogens with zero attached hydrogens (tertiary/aromatic N) is 3. The van der Waals surface area contributed by atoms with Crippen molar-refractivity contribution in [2.75, 3.05) is 11.4 Å². The van der Waals surface area contributed by atoms with Gasteiger partial charge in [-0.05, 0) is 24.1 Å². The molecule has 4 rings (SSSR count). The van der Waals surface area contributed by atoms with Gasteiger partial charge in [0.1, 0.15) is 12.8 Å². The van der Waals surface area contributed by atoms with Crippen LogP contribution in [-0.2, 0) is 17.8 Å². The molecule has 7 nitrogen and oxygen atoms in total. The average Bonchev–Trinajstić information content (AvgIpc) is 3.27. The summed E-state index contributed by atoms with van der Waals surface area (Å²) in [4.78, 5) is 26.0. The fourth-order valence-electron chi connectivity index (χ4n) is 2.72. The van der Waals surface area contributed by atoms with Crippen LogP contribution in [0.5, 0.6) is 0 Å². The van der Waals surface area contributed by atoms with Crippen LogP contribution in [0.4, 0.5) is 5.69 Å². The van der Waals surface area contributed by atoms with Crippen molar-refractivity contribution in [1.29, 1.82) is 0 Å². The molecule has 0 saturated heterocycles. The third kappa shape index (κ3) is 2.36. The fourth-order valence-corrected chi connectivity index (χ4v) is 2.72. The van der Waals surface area contributed by atoms with Crippen molar-refractivity contribution >= 4 is 11.6 Å². The Morgan fingerprint density at radius 2 is 2.13 bits per heavy atom. The smallest absolute Gasteiger partial charge is 0.437 e. The van der Waals surface area contributed by atoms with Gasteiger partial charge in [-0.15, -0.1) is 5.10 Å². The number of para-hydroxylation sites is 1. The maximum Gasteiger partial charge on any atom is 0.437 e. The third-order valence-corrected chi connectivity index (χ3v) is 3.85. The monoisotopic (exact) mass is 311 g/mol. The molecule has 0 N–H and O–H groups in total. The normalized spacial score (nSPS) is 13.3. The van der Waals surface area contributed by atoms with Crippen molar-refractivity contribution < 1.29 is 13.6 Å². The lowest BCUT2D eigenvalue weighted by atomic mass is 10.2. The highest BCUT2D eigenvalue weighted by molar-refractivity contribution is 5.95. The summed E-state index contributed by atoms with van der Waals surface area (Å²) in [7, 11) is 0. The molecule has 0 unspecified atom stereocenters. The van der Waals surface area contributed by atoms with E-state index in [0.29, 0.717) is 12.1 Å². The topological polar surface area (TPSA) is 81.5 Å². The second-order valence-electron chi connectivity index (χ2n) is 5.27. The van der Waals surface area contributed by atoms with Crippen molar-refractivity contribution in [2.24, 2.45) is 0 Å². The summed E-state index contributed by atoms with van der Waals surface area (Å²) in [6, 6.07) is 9.38. The first-order valence-corrected chi connectivity index (χ1v) is 7.21. The molecule has 0 radical (unpaired) electrons. The number of hydrogen-bond acceptors (Lipinski definition) is 5. The zero-order valence-corrected chi connectivity index (χ0v) is 12.1. The minimum atomic E-state index is -0.665. The van der Waals surface area contributed by atoms with Crippen molar-refractivity contribution in [2.45, 2.75) is 13.0 Å². The van der Waals surface area contributed by atoms with Gasteiger partial charge in [-0.1, -0.05) is 18.2 Å². The van der Waals surface area contributed by atoms with Crippen LogP contribution in [-0.4, -0.2) is 22.2 Å². The highest BCUT2D eigenvalue weighted by Crippen LogP contribution is 2.27. The van der Waals surface area contributed by atoms with E-state index in [2.05, 4.69) is 5.10 Å². The van der Waals surface area contributed by atoms with Gasteiger partial charge in [-0.25, -0.2) is 4.79 Å². The van der Waals surface area contributed by atoms with Gasteiger partial charge in [0, 0.05) is 12.2 Å². The lowest BCUT2D eigenvalue weighted by Crippen LogP contribution is -2.35. The van der Waals surface area contributed by atoms with E-state index in [1.54, 1.807) is 11.0 Å². The lowest BCUT2D eigenvalue weighted by molar-refractivity contribution is -0.119. The Kier molecular flexibility index (Phi) is 3.11. The third-order valence-electron chi connectivity index (χ3n) is 3.85. The lowest BCUT2D eigenvalue weighted by Gasteiger charge is -2.16. The van der Waals surface area contributed by atoms with Crippen LogP contribution >= 0.6 is 0 Å². The second-order valence-corrected chi connectivity index (χ2v) is 5.27. The molecule has 3 aromatic rings. The number of hydrogen-bond donors (Lipinski definition) is 0. The maximum atomic E-state index is 12.5. The zero-order chi connectivity index (χ0) is 15.8. The van der Waals surface area contributed by atoms with E-state index in [1.807, 2.05) is 24.3 Å². The highest BCUT2D eigenvalue weighted by atomic mass is 16.4. The van der Waals surface area contributed by atoms with Crippen LogP contribution in [0.1, 0.15) is 5.56 Å². The average molecular weight is 311 g/mol. The number of benzene rings is 1. The molecular formula is C16H13N3O4. The van der Waals surface area contributed by atoms with Crippen molar-refractivity contribution in [3.8, 4) is 11.5 Å². The van der Waals surface area contributed by atoms with Gasteiger partial charge in [0.15, 0.2) is 0 Å². The molecule has 2 aromatic heterocycles. The van der Waals surface area contributed by atoms with Crippen LogP contribution in [0.15, 0.2) is 56.5 Å². The molecule has 0 fully saturated rings. The van der Waals surface area contributed by atoms with E-state index in [9.17, 15) is 9.59 Å². The van der Waals surface area contributed by atoms with Crippen LogP contribution in [0.2, 0.25) is 0 Å². The van der Waals surface area contributed by atoms with Crippen molar-refractivity contribution in [3.63, 3.8) is 0 Å². The molecule has 1 aliphatic rings. The number of carbonyl (C=O) groups excluding carboxylic acids is 1. The van der Waals surface area contributed by atoms with Crippen LogP contribution in [0.3, 0.4) is 0 Å². The summed E-state index contributed by atoms with van der Waals surface area (Å²) in [6.45, 7) is 0.452. The number of amides is 1. The first-order chi connectivity index (χ1) is 11.2. The largest absolute Gasteiger partial charge is 0.472 e. The number of rotatable bonds is 3. The minimum absolute atomic E-state index is 0.137. The SMILES string of the molecule is O=C(Cn1nc(-c2ccoc2)oc1=O)N1CCc2ccccc21. The van der Waals surface area contributed by atoms with Crippen LogP contribution in [0.25, 0.3) is 11.5 Å². The Balaban J connectivity index is 1.57. The van der Waals surface area contributed by atoms with E-state index in [0.717, 1.165) is 22.4 Å². The maximum absolute atomic E-state index is 12.5. The number of furan rings is 1. The first-order valence-electron chi connectivity index (χ1n) is 7.21. The molecule has 1 aromatic carbocycles. The molecule has 23 heavy (non-hydrogen) atoms. The summed E-state index contributed by atoms with van der Waals surface area (Å²) in [5, 5.41) is 4.05. The van der Waals surface area contributed by atoms with Gasteiger partial charge >= 0.3 is 5.76 Å². The van der Waals surface area contributed by atoms with Gasteiger partial charge in [0.25, 0.3) is 5.89 Å². The molecule has 0 atom stereocenters. The molecule has 7 heteroatoms. The molecule has 0 aliphatic carbocycles. The quantitative estimate of drug-likeness (QED) is 0.735. The van der Waals surface area contributed by atoms with Crippen molar-refractivity contribution in [1.82, 2.24) is 9.78 Å². The molecule has 0 bridgehead atoms. The van der Waals surface area contributed by atoms with Gasteiger partial charge < -0.3 is 13.7 Å². The van der Waals surface area contributed by atoms with Crippen LogP contribution in [0, 0.1) is 0 Å². The summed E-state index contributed by atoms with van der Waals surface area (Å²) < 4.78 is 11.0. The highest BCUT2D eigenvalue weighted by Gasteiger charge is 2.25. The number of fused-ring (bicyclic) bond motifs is 1. The second kappa shape index (κ2) is 5.28. The van der Waals surface area contributed by atoms with Gasteiger partial charge in [0.2, 0.25) is 5.91 Å². The summed E-state index contributed by atoms with van der Waals surface area (Å²) >= 11 is 0. The molecule has 0 saturated carbocycles. The molecule has 3 heterocycles. The summed E-state index contributed by atoms with van der Waals surface area (Å²) in [5.41, 5.74) is 2.58. The number of aromatic nitrogens is 2. The Hall–Kier alpha value is -3.09. The first kappa shape index (κ1) is 13.6. The van der Waals surface area contributed by atoms with Crippen molar-refractivity contribution in [3.05, 3.63) is 59.0 Å². The Morgan fingerprint density at radius 3 is 2.96 bits per heavy atom. The molecule has 1 aliphatic heterocycles. The fraction of sp³-hybridized carbons (Fsp3) is 0.188. The Morgan fingerprint density at radius 1 is 1.26 bits per heavy atom. The van der Waals surface area contributed by atoms with Crippen LogP contribution < -0.4 is 10.7 Å². The Labute approximate surface area is 130 Å². The summed E-state index contributed by atoms with van der Waals surface area (Å²) in [6.07, 6.45) is 3.70. The predicted molar refractivity (Wildman–Crippen MR) is 81.0 cm³/mol. The standard InChI is InChI=1S/C16H13N3O4/c20-14(18-7-5-11-3-1-2-4-13(11)18)9-19-16(21)23-15(17-19)12-6-8-22-10-12/h1-4,6,8,10H,5,7,9H2. The minimum Gasteiger partial charge on any atom is -0.472 e. The van der Waals surface area contributed by atoms with E-state index >= 15 is 0 Å².